The summed E-state index contributed by atoms with van der Waals surface area (Å²) in [5.74, 6) is -4.57. The zero-order valence-electron chi connectivity index (χ0n) is 27.3. The number of hydrogen-bond donors (Lipinski definition) is 10. The fourth-order valence-corrected chi connectivity index (χ4v) is 6.67. The van der Waals surface area contributed by atoms with E-state index in [9.17, 15) is 34.2 Å². The highest BCUT2D eigenvalue weighted by Crippen LogP contribution is 2.42. The van der Waals surface area contributed by atoms with E-state index in [2.05, 4.69) is 31.9 Å². The van der Waals surface area contributed by atoms with Crippen LogP contribution in [0.5, 0.6) is 0 Å². The average Bonchev–Trinajstić information content (AvgIpc) is 3.00. The molecule has 1 heterocycles. The maximum absolute atomic E-state index is 14.5. The Morgan fingerprint density at radius 1 is 1.06 bits per heavy atom. The molecule has 2 unspecified atom stereocenters. The fraction of sp³-hybridized carbons (Fsp3) is 0.625. The summed E-state index contributed by atoms with van der Waals surface area (Å²) in [6.07, 6.45) is 0.233. The number of aliphatic hydroxyl groups excluding tert-OH is 1. The van der Waals surface area contributed by atoms with E-state index >= 15 is 0 Å². The van der Waals surface area contributed by atoms with Gasteiger partial charge in [-0.05, 0) is 55.4 Å². The highest BCUT2D eigenvalue weighted by Gasteiger charge is 2.52. The molecule has 1 saturated carbocycles. The Labute approximate surface area is 275 Å². The van der Waals surface area contributed by atoms with Crippen LogP contribution in [0.2, 0.25) is 0 Å². The summed E-state index contributed by atoms with van der Waals surface area (Å²) in [7, 11) is 0. The Balaban J connectivity index is 2.10. The smallest absolute Gasteiger partial charge is 0.305 e. The minimum Gasteiger partial charge on any atom is -0.481 e. The lowest BCUT2D eigenvalue weighted by atomic mass is 9.64. The number of aliphatic hydroxyl groups is 1. The van der Waals surface area contributed by atoms with E-state index in [-0.39, 0.29) is 43.1 Å². The quantitative estimate of drug-likeness (QED) is 0.0907. The van der Waals surface area contributed by atoms with Gasteiger partial charge < -0.3 is 42.5 Å². The summed E-state index contributed by atoms with van der Waals surface area (Å²) >= 11 is 0. The molecule has 1 aliphatic carbocycles. The molecule has 0 radical (unpaired) electrons. The Bertz CT molecular complexity index is 1280. The van der Waals surface area contributed by atoms with Gasteiger partial charge in [-0.1, -0.05) is 57.5 Å². The van der Waals surface area contributed by atoms with E-state index in [0.29, 0.717) is 19.3 Å². The zero-order chi connectivity index (χ0) is 34.7. The Kier molecular flexibility index (Phi) is 13.5. The number of hydrogen-bond acceptors (Lipinski definition) is 8. The van der Waals surface area contributed by atoms with Crippen molar-refractivity contribution in [1.82, 2.24) is 31.9 Å². The number of carbonyl (C=O) groups is 5. The second-order valence-corrected chi connectivity index (χ2v) is 13.0. The van der Waals surface area contributed by atoms with Crippen LogP contribution in [0.4, 0.5) is 0 Å². The predicted molar refractivity (Wildman–Crippen MR) is 174 cm³/mol. The second kappa shape index (κ2) is 17.1. The van der Waals surface area contributed by atoms with Gasteiger partial charge in [0.1, 0.15) is 23.9 Å². The molecule has 3 rings (SSSR count). The second-order valence-electron chi connectivity index (χ2n) is 13.0. The summed E-state index contributed by atoms with van der Waals surface area (Å²) < 4.78 is 0. The summed E-state index contributed by atoms with van der Waals surface area (Å²) in [4.78, 5) is 66.0. The van der Waals surface area contributed by atoms with Crippen molar-refractivity contribution >= 4 is 35.6 Å². The van der Waals surface area contributed by atoms with Crippen LogP contribution in [-0.4, -0.2) is 88.8 Å². The number of nitrogens with two attached hydrogens (primary N) is 1. The molecule has 15 nitrogen and oxygen atoms in total. The lowest BCUT2D eigenvalue weighted by Crippen LogP contribution is -2.71. The van der Waals surface area contributed by atoms with Crippen molar-refractivity contribution in [3.63, 3.8) is 0 Å². The number of guanidine groups is 1. The molecule has 1 aliphatic heterocycles. The molecule has 1 aromatic carbocycles. The van der Waals surface area contributed by atoms with Crippen LogP contribution in [0.3, 0.4) is 0 Å². The topological polar surface area (TPSA) is 248 Å². The van der Waals surface area contributed by atoms with Crippen molar-refractivity contribution in [1.29, 1.82) is 5.41 Å². The van der Waals surface area contributed by atoms with Crippen LogP contribution in [0, 0.1) is 23.2 Å². The van der Waals surface area contributed by atoms with Gasteiger partial charge in [0.05, 0.1) is 19.0 Å². The number of carbonyl (C=O) groups excluding carboxylic acids is 4. The molecule has 4 amide bonds. The van der Waals surface area contributed by atoms with E-state index in [1.165, 1.54) is 0 Å². The van der Waals surface area contributed by atoms with Gasteiger partial charge in [-0.2, -0.15) is 0 Å². The third-order valence-corrected chi connectivity index (χ3v) is 8.96. The number of amides is 4. The van der Waals surface area contributed by atoms with Crippen LogP contribution in [-0.2, 0) is 30.4 Å². The van der Waals surface area contributed by atoms with Gasteiger partial charge in [0.15, 0.2) is 5.96 Å². The number of carboxylic acid groups (broad SMARTS) is 1. The molecule has 1 aromatic rings. The summed E-state index contributed by atoms with van der Waals surface area (Å²) in [5, 5.41) is 45.2. The van der Waals surface area contributed by atoms with E-state index < -0.39 is 72.5 Å². The molecule has 0 aromatic heterocycles. The van der Waals surface area contributed by atoms with E-state index in [1.54, 1.807) is 12.1 Å². The van der Waals surface area contributed by atoms with E-state index in [1.807, 2.05) is 39.0 Å². The van der Waals surface area contributed by atoms with Gasteiger partial charge in [0, 0.05) is 6.54 Å². The highest BCUT2D eigenvalue weighted by atomic mass is 16.4. The molecule has 2 aliphatic rings. The van der Waals surface area contributed by atoms with Crippen LogP contribution in [0.15, 0.2) is 30.3 Å². The van der Waals surface area contributed by atoms with Gasteiger partial charge >= 0.3 is 5.97 Å². The van der Waals surface area contributed by atoms with E-state index in [0.717, 1.165) is 12.0 Å². The first-order valence-corrected chi connectivity index (χ1v) is 16.2. The molecule has 11 N–H and O–H groups in total. The van der Waals surface area contributed by atoms with Gasteiger partial charge in [-0.3, -0.25) is 34.7 Å². The molecular weight excluding hydrogens is 608 g/mol. The van der Waals surface area contributed by atoms with Crippen molar-refractivity contribution in [3.05, 3.63) is 35.9 Å². The summed E-state index contributed by atoms with van der Waals surface area (Å²) in [6, 6.07) is 5.43. The van der Waals surface area contributed by atoms with Crippen LogP contribution in [0.1, 0.15) is 64.9 Å². The van der Waals surface area contributed by atoms with Crippen molar-refractivity contribution in [3.8, 4) is 0 Å². The molecular formula is C32H50N8O7. The van der Waals surface area contributed by atoms with Crippen LogP contribution >= 0.6 is 0 Å². The minimum atomic E-state index is -1.51. The normalized spacial score (nSPS) is 29.5. The Morgan fingerprint density at radius 3 is 2.40 bits per heavy atom. The standard InChI is InChI=1S/C32H50N8O7/c1-18(2)21-12-11-19(3)16-32(21)30(47)39-22(10-7-13-35-31(33)34)27(44)36-17-25(41)37-24(15-26(42)43)28(45)38-23(29(46)40-32)14-20-8-5-4-6-9-20/h4-6,8-9,18-19,21-24,29,40,46H,7,10-17H2,1-3H3,(H,36,44)(H,37,41)(H,38,45)(H,39,47)(H,42,43)(H4,33,34,35)/t19-,21+,22-,23+,24-,29?,32?/m0/s1. The number of benzene rings is 1. The molecule has 47 heavy (non-hydrogen) atoms. The average molecular weight is 659 g/mol. The van der Waals surface area contributed by atoms with Crippen molar-refractivity contribution in [2.75, 3.05) is 13.1 Å². The number of aliphatic carboxylic acids is 1. The van der Waals surface area contributed by atoms with Crippen molar-refractivity contribution in [2.24, 2.45) is 23.5 Å². The SMILES string of the molecule is CC(C)[C@H]1CC[C@H](C)CC12NC(O)[C@@H](Cc1ccccc1)NC(=O)[C@H](CC(=O)O)NC(=O)CNC(=O)[C@H](CCCNC(=N)N)NC2=O. The minimum absolute atomic E-state index is 0.00832. The fourth-order valence-electron chi connectivity index (χ4n) is 6.67. The Hall–Kier alpha value is -4.24. The molecule has 2 fully saturated rings. The predicted octanol–water partition coefficient (Wildman–Crippen LogP) is -0.710. The molecule has 1 saturated heterocycles. The molecule has 1 spiro atoms. The third kappa shape index (κ3) is 10.6. The zero-order valence-corrected chi connectivity index (χ0v) is 27.3. The summed E-state index contributed by atoms with van der Waals surface area (Å²) in [6.45, 7) is 5.69. The first-order valence-electron chi connectivity index (χ1n) is 16.2. The lowest BCUT2D eigenvalue weighted by molar-refractivity contribution is -0.142. The number of rotatable bonds is 9. The first kappa shape index (κ1) is 37.2. The summed E-state index contributed by atoms with van der Waals surface area (Å²) in [5.41, 5.74) is 4.80. The lowest BCUT2D eigenvalue weighted by Gasteiger charge is -2.49. The maximum atomic E-state index is 14.5. The monoisotopic (exact) mass is 658 g/mol. The van der Waals surface area contributed by atoms with Crippen LogP contribution in [0.25, 0.3) is 0 Å². The van der Waals surface area contributed by atoms with Gasteiger partial charge in [-0.25, -0.2) is 0 Å². The largest absolute Gasteiger partial charge is 0.481 e. The number of carboxylic acids is 1. The van der Waals surface area contributed by atoms with Gasteiger partial charge in [0.25, 0.3) is 0 Å². The van der Waals surface area contributed by atoms with Crippen molar-refractivity contribution in [2.45, 2.75) is 95.6 Å². The van der Waals surface area contributed by atoms with Gasteiger partial charge in [0.2, 0.25) is 23.6 Å². The van der Waals surface area contributed by atoms with Gasteiger partial charge in [-0.15, -0.1) is 0 Å². The highest BCUT2D eigenvalue weighted by molar-refractivity contribution is 5.95. The Morgan fingerprint density at radius 2 is 1.77 bits per heavy atom. The van der Waals surface area contributed by atoms with E-state index in [4.69, 9.17) is 11.1 Å². The number of nitrogens with one attached hydrogen (secondary N) is 7. The molecule has 15 heteroatoms. The maximum Gasteiger partial charge on any atom is 0.305 e. The van der Waals surface area contributed by atoms with Crippen LogP contribution < -0.4 is 37.6 Å². The molecule has 260 valence electrons. The third-order valence-electron chi connectivity index (χ3n) is 8.96. The van der Waals surface area contributed by atoms with Crippen molar-refractivity contribution < 1.29 is 34.2 Å². The molecule has 0 bridgehead atoms. The molecule has 7 atom stereocenters. The first-order chi connectivity index (χ1) is 22.2.